The SMILES string of the molecule is CCNC(=NCc1noc(C)n1)N1CCN(c2ccc(OC)cc2)CC1. The normalized spacial score (nSPS) is 15.3. The highest BCUT2D eigenvalue weighted by molar-refractivity contribution is 5.80. The molecule has 1 saturated heterocycles. The Morgan fingerprint density at radius 3 is 2.54 bits per heavy atom. The van der Waals surface area contributed by atoms with Crippen LogP contribution in [-0.2, 0) is 6.54 Å². The lowest BCUT2D eigenvalue weighted by Gasteiger charge is -2.37. The fraction of sp³-hybridized carbons (Fsp3) is 0.500. The molecule has 1 fully saturated rings. The number of nitrogens with one attached hydrogen (secondary N) is 1. The zero-order valence-corrected chi connectivity index (χ0v) is 15.6. The molecule has 0 unspecified atom stereocenters. The average molecular weight is 358 g/mol. The number of piperazine rings is 1. The lowest BCUT2D eigenvalue weighted by atomic mass is 10.2. The highest BCUT2D eigenvalue weighted by Gasteiger charge is 2.20. The molecule has 0 aliphatic carbocycles. The summed E-state index contributed by atoms with van der Waals surface area (Å²) < 4.78 is 10.2. The zero-order valence-electron chi connectivity index (χ0n) is 15.6. The Hall–Kier alpha value is -2.77. The van der Waals surface area contributed by atoms with Crippen molar-refractivity contribution in [1.82, 2.24) is 20.4 Å². The lowest BCUT2D eigenvalue weighted by Crippen LogP contribution is -2.52. The van der Waals surface area contributed by atoms with Crippen molar-refractivity contribution in [2.24, 2.45) is 4.99 Å². The van der Waals surface area contributed by atoms with Gasteiger partial charge in [-0.1, -0.05) is 5.16 Å². The monoisotopic (exact) mass is 358 g/mol. The summed E-state index contributed by atoms with van der Waals surface area (Å²) in [5, 5.41) is 7.25. The molecule has 2 heterocycles. The standard InChI is InChI=1S/C18H26N6O2/c1-4-19-18(20-13-17-21-14(2)26-22-17)24-11-9-23(10-12-24)15-5-7-16(25-3)8-6-15/h5-8H,4,9-13H2,1-3H3,(H,19,20). The lowest BCUT2D eigenvalue weighted by molar-refractivity contribution is 0.371. The Bertz CT molecular complexity index is 720. The summed E-state index contributed by atoms with van der Waals surface area (Å²) >= 11 is 0. The number of methoxy groups -OCH3 is 1. The Balaban J connectivity index is 1.59. The Kier molecular flexibility index (Phi) is 5.93. The molecule has 140 valence electrons. The molecular weight excluding hydrogens is 332 g/mol. The molecule has 8 nitrogen and oxygen atoms in total. The van der Waals surface area contributed by atoms with Gasteiger partial charge in [-0.3, -0.25) is 0 Å². The third kappa shape index (κ3) is 4.44. The Labute approximate surface area is 153 Å². The average Bonchev–Trinajstić information content (AvgIpc) is 3.10. The second-order valence-corrected chi connectivity index (χ2v) is 6.07. The van der Waals surface area contributed by atoms with Gasteiger partial charge in [0, 0.05) is 45.3 Å². The predicted molar refractivity (Wildman–Crippen MR) is 101 cm³/mol. The summed E-state index contributed by atoms with van der Waals surface area (Å²) in [4.78, 5) is 13.5. The third-order valence-corrected chi connectivity index (χ3v) is 4.29. The fourth-order valence-corrected chi connectivity index (χ4v) is 2.95. The number of aromatic nitrogens is 2. The van der Waals surface area contributed by atoms with Gasteiger partial charge in [-0.05, 0) is 31.2 Å². The van der Waals surface area contributed by atoms with Crippen LogP contribution in [-0.4, -0.2) is 60.8 Å². The van der Waals surface area contributed by atoms with Crippen LogP contribution in [0.3, 0.4) is 0 Å². The fourth-order valence-electron chi connectivity index (χ4n) is 2.95. The number of ether oxygens (including phenoxy) is 1. The minimum atomic E-state index is 0.415. The van der Waals surface area contributed by atoms with Crippen molar-refractivity contribution in [1.29, 1.82) is 0 Å². The summed E-state index contributed by atoms with van der Waals surface area (Å²) in [7, 11) is 1.69. The van der Waals surface area contributed by atoms with E-state index in [-0.39, 0.29) is 0 Å². The molecule has 1 aliphatic heterocycles. The van der Waals surface area contributed by atoms with Crippen LogP contribution in [0.1, 0.15) is 18.6 Å². The molecule has 0 spiro atoms. The number of aryl methyl sites for hydroxylation is 1. The van der Waals surface area contributed by atoms with E-state index in [2.05, 4.69) is 49.3 Å². The van der Waals surface area contributed by atoms with Crippen molar-refractivity contribution in [2.45, 2.75) is 20.4 Å². The topological polar surface area (TPSA) is 79.0 Å². The molecule has 0 atom stereocenters. The van der Waals surface area contributed by atoms with Gasteiger partial charge >= 0.3 is 0 Å². The van der Waals surface area contributed by atoms with Gasteiger partial charge in [0.1, 0.15) is 12.3 Å². The third-order valence-electron chi connectivity index (χ3n) is 4.29. The van der Waals surface area contributed by atoms with Gasteiger partial charge < -0.3 is 24.4 Å². The minimum absolute atomic E-state index is 0.415. The van der Waals surface area contributed by atoms with Crippen LogP contribution in [0.2, 0.25) is 0 Å². The van der Waals surface area contributed by atoms with Gasteiger partial charge in [0.25, 0.3) is 0 Å². The van der Waals surface area contributed by atoms with E-state index >= 15 is 0 Å². The minimum Gasteiger partial charge on any atom is -0.497 e. The van der Waals surface area contributed by atoms with Crippen LogP contribution in [0.15, 0.2) is 33.8 Å². The number of hydrogen-bond donors (Lipinski definition) is 1. The molecule has 2 aromatic rings. The van der Waals surface area contributed by atoms with Gasteiger partial charge in [-0.15, -0.1) is 0 Å². The van der Waals surface area contributed by atoms with Crippen LogP contribution in [0.25, 0.3) is 0 Å². The van der Waals surface area contributed by atoms with Crippen LogP contribution in [0, 0.1) is 6.92 Å². The Morgan fingerprint density at radius 1 is 1.23 bits per heavy atom. The molecule has 0 amide bonds. The maximum absolute atomic E-state index is 5.23. The summed E-state index contributed by atoms with van der Waals surface area (Å²) in [5.74, 6) is 2.94. The van der Waals surface area contributed by atoms with Gasteiger partial charge in [0.05, 0.1) is 7.11 Å². The van der Waals surface area contributed by atoms with Crippen molar-refractivity contribution < 1.29 is 9.26 Å². The number of aliphatic imine (C=N–C) groups is 1. The van der Waals surface area contributed by atoms with Crippen molar-refractivity contribution >= 4 is 11.6 Å². The molecule has 1 aromatic carbocycles. The van der Waals surface area contributed by atoms with Crippen molar-refractivity contribution in [3.8, 4) is 5.75 Å². The first-order chi connectivity index (χ1) is 12.7. The first-order valence-electron chi connectivity index (χ1n) is 8.91. The maximum Gasteiger partial charge on any atom is 0.223 e. The highest BCUT2D eigenvalue weighted by atomic mass is 16.5. The van der Waals surface area contributed by atoms with Crippen molar-refractivity contribution in [2.75, 3.05) is 44.7 Å². The first-order valence-corrected chi connectivity index (χ1v) is 8.91. The van der Waals surface area contributed by atoms with E-state index in [9.17, 15) is 0 Å². The molecule has 1 aliphatic rings. The quantitative estimate of drug-likeness (QED) is 0.643. The maximum atomic E-state index is 5.23. The van der Waals surface area contributed by atoms with Crippen molar-refractivity contribution in [3.05, 3.63) is 36.0 Å². The van der Waals surface area contributed by atoms with Crippen LogP contribution in [0.5, 0.6) is 5.75 Å². The predicted octanol–water partition coefficient (Wildman–Crippen LogP) is 1.67. The van der Waals surface area contributed by atoms with Crippen LogP contribution in [0.4, 0.5) is 5.69 Å². The van der Waals surface area contributed by atoms with E-state index < -0.39 is 0 Å². The van der Waals surface area contributed by atoms with E-state index in [1.165, 1.54) is 5.69 Å². The molecule has 0 radical (unpaired) electrons. The number of benzene rings is 1. The zero-order chi connectivity index (χ0) is 18.4. The summed E-state index contributed by atoms with van der Waals surface area (Å²) in [6, 6.07) is 8.21. The van der Waals surface area contributed by atoms with E-state index in [1.807, 2.05) is 12.1 Å². The van der Waals surface area contributed by atoms with E-state index in [4.69, 9.17) is 9.26 Å². The van der Waals surface area contributed by atoms with E-state index in [0.717, 1.165) is 44.4 Å². The van der Waals surface area contributed by atoms with Crippen LogP contribution < -0.4 is 15.0 Å². The highest BCUT2D eigenvalue weighted by Crippen LogP contribution is 2.20. The van der Waals surface area contributed by atoms with Gasteiger partial charge in [-0.25, -0.2) is 4.99 Å². The Morgan fingerprint density at radius 2 is 1.96 bits per heavy atom. The summed E-state index contributed by atoms with van der Waals surface area (Å²) in [6.07, 6.45) is 0. The summed E-state index contributed by atoms with van der Waals surface area (Å²) in [6.45, 7) is 8.79. The largest absolute Gasteiger partial charge is 0.497 e. The molecule has 1 aromatic heterocycles. The molecule has 8 heteroatoms. The van der Waals surface area contributed by atoms with Gasteiger partial charge in [0.15, 0.2) is 11.8 Å². The number of hydrogen-bond acceptors (Lipinski definition) is 6. The smallest absolute Gasteiger partial charge is 0.223 e. The molecule has 26 heavy (non-hydrogen) atoms. The first kappa shape index (κ1) is 18.0. The number of rotatable bonds is 5. The summed E-state index contributed by atoms with van der Waals surface area (Å²) in [5.41, 5.74) is 1.22. The van der Waals surface area contributed by atoms with E-state index in [1.54, 1.807) is 14.0 Å². The molecule has 1 N–H and O–H groups in total. The molecular formula is C18H26N6O2. The molecule has 0 saturated carbocycles. The number of anilines is 1. The van der Waals surface area contributed by atoms with Gasteiger partial charge in [-0.2, -0.15) is 4.98 Å². The number of guanidine groups is 1. The van der Waals surface area contributed by atoms with Gasteiger partial charge in [0.2, 0.25) is 5.89 Å². The van der Waals surface area contributed by atoms with Crippen molar-refractivity contribution in [3.63, 3.8) is 0 Å². The van der Waals surface area contributed by atoms with E-state index in [0.29, 0.717) is 18.3 Å². The molecule has 0 bridgehead atoms. The van der Waals surface area contributed by atoms with Crippen LogP contribution >= 0.6 is 0 Å². The second-order valence-electron chi connectivity index (χ2n) is 6.07. The second kappa shape index (κ2) is 8.55. The molecule has 3 rings (SSSR count). The number of nitrogens with zero attached hydrogens (tertiary/aromatic N) is 5.